The largest absolute Gasteiger partial charge is 0.390 e. The van der Waals surface area contributed by atoms with E-state index in [4.69, 9.17) is 0 Å². The van der Waals surface area contributed by atoms with Gasteiger partial charge in [0.05, 0.1) is 11.7 Å². The summed E-state index contributed by atoms with van der Waals surface area (Å²) in [6.07, 6.45) is 4.37. The highest BCUT2D eigenvalue weighted by molar-refractivity contribution is 5.01. The van der Waals surface area contributed by atoms with Gasteiger partial charge in [-0.3, -0.25) is 0 Å². The minimum Gasteiger partial charge on any atom is -0.390 e. The molecule has 1 fully saturated rings. The van der Waals surface area contributed by atoms with Crippen molar-refractivity contribution >= 4 is 0 Å². The van der Waals surface area contributed by atoms with E-state index in [0.717, 1.165) is 37.7 Å². The van der Waals surface area contributed by atoms with Crippen LogP contribution in [-0.2, 0) is 0 Å². The Bertz CT molecular complexity index is 181. The summed E-state index contributed by atoms with van der Waals surface area (Å²) in [5.41, 5.74) is 0.200. The summed E-state index contributed by atoms with van der Waals surface area (Å²) >= 11 is 0. The van der Waals surface area contributed by atoms with Crippen LogP contribution in [-0.4, -0.2) is 21.9 Å². The quantitative estimate of drug-likeness (QED) is 0.656. The van der Waals surface area contributed by atoms with Gasteiger partial charge in [-0.1, -0.05) is 31.9 Å². The lowest BCUT2D eigenvalue weighted by atomic mass is 9.90. The van der Waals surface area contributed by atoms with Crippen LogP contribution >= 0.6 is 0 Å². The Morgan fingerprint density at radius 2 is 2.00 bits per heavy atom. The molecule has 0 aliphatic heterocycles. The molecular formula is C11H20O2. The molecule has 0 radical (unpaired) electrons. The Kier molecular flexibility index (Phi) is 3.51. The predicted molar refractivity (Wildman–Crippen MR) is 53.5 cm³/mol. The van der Waals surface area contributed by atoms with E-state index in [1.165, 1.54) is 0 Å². The minimum atomic E-state index is -0.821. The van der Waals surface area contributed by atoms with Crippen LogP contribution < -0.4 is 0 Å². The van der Waals surface area contributed by atoms with Crippen molar-refractivity contribution in [2.24, 2.45) is 0 Å². The van der Waals surface area contributed by atoms with Gasteiger partial charge in [-0.05, 0) is 25.7 Å². The van der Waals surface area contributed by atoms with Gasteiger partial charge in [0.2, 0.25) is 0 Å². The maximum Gasteiger partial charge on any atom is 0.0908 e. The van der Waals surface area contributed by atoms with Crippen molar-refractivity contribution in [3.05, 3.63) is 12.2 Å². The molecule has 0 spiro atoms. The summed E-state index contributed by atoms with van der Waals surface area (Å²) in [5, 5.41) is 19.8. The first-order valence-corrected chi connectivity index (χ1v) is 5.15. The highest BCUT2D eigenvalue weighted by atomic mass is 16.3. The highest BCUT2D eigenvalue weighted by Crippen LogP contribution is 2.34. The van der Waals surface area contributed by atoms with Gasteiger partial charge in [-0.2, -0.15) is 0 Å². The van der Waals surface area contributed by atoms with E-state index >= 15 is 0 Å². The fraction of sp³-hybridized carbons (Fsp3) is 0.818. The fourth-order valence-electron chi connectivity index (χ4n) is 1.93. The third-order valence-corrected chi connectivity index (χ3v) is 3.07. The Hall–Kier alpha value is -0.340. The van der Waals surface area contributed by atoms with Crippen LogP contribution in [0.3, 0.4) is 0 Å². The number of rotatable bonds is 4. The van der Waals surface area contributed by atoms with Gasteiger partial charge in [-0.25, -0.2) is 0 Å². The first-order chi connectivity index (χ1) is 6.08. The molecule has 1 saturated carbocycles. The van der Waals surface area contributed by atoms with Crippen molar-refractivity contribution in [3.8, 4) is 0 Å². The smallest absolute Gasteiger partial charge is 0.0908 e. The van der Waals surface area contributed by atoms with Gasteiger partial charge in [0.1, 0.15) is 0 Å². The summed E-state index contributed by atoms with van der Waals surface area (Å²) in [6.45, 7) is 5.87. The molecule has 1 rings (SSSR count). The Labute approximate surface area is 80.3 Å². The molecule has 0 heterocycles. The molecule has 1 aliphatic carbocycles. The maximum atomic E-state index is 10.0. The SMILES string of the molecule is C=C(CC)CC(O)C1(O)CCCC1. The number of aliphatic hydroxyl groups excluding tert-OH is 1. The molecular weight excluding hydrogens is 164 g/mol. The summed E-state index contributed by atoms with van der Waals surface area (Å²) in [6, 6.07) is 0. The molecule has 2 nitrogen and oxygen atoms in total. The van der Waals surface area contributed by atoms with Gasteiger partial charge >= 0.3 is 0 Å². The molecule has 0 aromatic carbocycles. The predicted octanol–water partition coefficient (Wildman–Crippen LogP) is 2.01. The average molecular weight is 184 g/mol. The van der Waals surface area contributed by atoms with Crippen molar-refractivity contribution < 1.29 is 10.2 Å². The maximum absolute atomic E-state index is 10.0. The second kappa shape index (κ2) is 4.25. The number of hydrogen-bond donors (Lipinski definition) is 2. The first kappa shape index (κ1) is 10.7. The lowest BCUT2D eigenvalue weighted by Gasteiger charge is -2.28. The third kappa shape index (κ3) is 2.55. The molecule has 0 amide bonds. The lowest BCUT2D eigenvalue weighted by molar-refractivity contribution is -0.0690. The van der Waals surface area contributed by atoms with Crippen LogP contribution in [0.1, 0.15) is 45.4 Å². The molecule has 0 bridgehead atoms. The standard InChI is InChI=1S/C11H20O2/c1-3-9(2)8-10(12)11(13)6-4-5-7-11/h10,12-13H,2-8H2,1H3. The van der Waals surface area contributed by atoms with E-state index in [2.05, 4.69) is 6.58 Å². The van der Waals surface area contributed by atoms with Crippen LogP contribution in [0.2, 0.25) is 0 Å². The zero-order chi connectivity index (χ0) is 9.90. The van der Waals surface area contributed by atoms with Crippen LogP contribution in [0.25, 0.3) is 0 Å². The highest BCUT2D eigenvalue weighted by Gasteiger charge is 2.38. The molecule has 13 heavy (non-hydrogen) atoms. The van der Waals surface area contributed by atoms with Crippen molar-refractivity contribution in [2.75, 3.05) is 0 Å². The second-order valence-electron chi connectivity index (χ2n) is 4.13. The Morgan fingerprint density at radius 3 is 2.46 bits per heavy atom. The molecule has 2 N–H and O–H groups in total. The van der Waals surface area contributed by atoms with Crippen molar-refractivity contribution in [2.45, 2.75) is 57.2 Å². The van der Waals surface area contributed by atoms with E-state index in [9.17, 15) is 10.2 Å². The molecule has 2 heteroatoms. The fourth-order valence-corrected chi connectivity index (χ4v) is 1.93. The van der Waals surface area contributed by atoms with E-state index in [1.54, 1.807) is 0 Å². The summed E-state index contributed by atoms with van der Waals surface area (Å²) in [5.74, 6) is 0. The number of hydrogen-bond acceptors (Lipinski definition) is 2. The summed E-state index contributed by atoms with van der Waals surface area (Å²) < 4.78 is 0. The first-order valence-electron chi connectivity index (χ1n) is 5.15. The topological polar surface area (TPSA) is 40.5 Å². The van der Waals surface area contributed by atoms with E-state index in [1.807, 2.05) is 6.92 Å². The Balaban J connectivity index is 2.46. The van der Waals surface area contributed by atoms with E-state index in [0.29, 0.717) is 6.42 Å². The zero-order valence-corrected chi connectivity index (χ0v) is 8.42. The lowest BCUT2D eigenvalue weighted by Crippen LogP contribution is -2.39. The van der Waals surface area contributed by atoms with Crippen molar-refractivity contribution in [1.29, 1.82) is 0 Å². The van der Waals surface area contributed by atoms with Gasteiger partial charge in [0.25, 0.3) is 0 Å². The molecule has 0 aromatic heterocycles. The Morgan fingerprint density at radius 1 is 1.46 bits per heavy atom. The van der Waals surface area contributed by atoms with Gasteiger partial charge in [0, 0.05) is 0 Å². The molecule has 0 aromatic rings. The minimum absolute atomic E-state index is 0.549. The molecule has 0 saturated heterocycles. The average Bonchev–Trinajstić information content (AvgIpc) is 2.53. The van der Waals surface area contributed by atoms with Crippen LogP contribution in [0, 0.1) is 0 Å². The van der Waals surface area contributed by atoms with Crippen LogP contribution in [0.15, 0.2) is 12.2 Å². The second-order valence-corrected chi connectivity index (χ2v) is 4.13. The molecule has 1 aliphatic rings. The monoisotopic (exact) mass is 184 g/mol. The molecule has 1 unspecified atom stereocenters. The van der Waals surface area contributed by atoms with Crippen LogP contribution in [0.5, 0.6) is 0 Å². The van der Waals surface area contributed by atoms with E-state index in [-0.39, 0.29) is 0 Å². The normalized spacial score (nSPS) is 23.0. The third-order valence-electron chi connectivity index (χ3n) is 3.07. The van der Waals surface area contributed by atoms with Crippen LogP contribution in [0.4, 0.5) is 0 Å². The summed E-state index contributed by atoms with van der Waals surface area (Å²) in [4.78, 5) is 0. The van der Waals surface area contributed by atoms with Gasteiger partial charge < -0.3 is 10.2 Å². The van der Waals surface area contributed by atoms with Crippen molar-refractivity contribution in [1.82, 2.24) is 0 Å². The van der Waals surface area contributed by atoms with Gasteiger partial charge in [0.15, 0.2) is 0 Å². The van der Waals surface area contributed by atoms with Crippen molar-refractivity contribution in [3.63, 3.8) is 0 Å². The number of aliphatic hydroxyl groups is 2. The summed E-state index contributed by atoms with van der Waals surface area (Å²) in [7, 11) is 0. The zero-order valence-electron chi connectivity index (χ0n) is 8.42. The molecule has 1 atom stereocenters. The van der Waals surface area contributed by atoms with E-state index < -0.39 is 11.7 Å². The van der Waals surface area contributed by atoms with Gasteiger partial charge in [-0.15, -0.1) is 0 Å². The molecule has 76 valence electrons.